The molecule has 20 heavy (non-hydrogen) atoms. The highest BCUT2D eigenvalue weighted by atomic mass is 16.4. The Bertz CT molecular complexity index is 362. The lowest BCUT2D eigenvalue weighted by molar-refractivity contribution is -0.140. The van der Waals surface area contributed by atoms with Crippen LogP contribution in [0.2, 0.25) is 0 Å². The number of rotatable bonds is 7. The highest BCUT2D eigenvalue weighted by Crippen LogP contribution is 2.24. The van der Waals surface area contributed by atoms with E-state index in [1.54, 1.807) is 0 Å². The van der Waals surface area contributed by atoms with E-state index in [4.69, 9.17) is 10.2 Å². The number of urea groups is 1. The van der Waals surface area contributed by atoms with Crippen LogP contribution in [-0.4, -0.2) is 40.8 Å². The van der Waals surface area contributed by atoms with Gasteiger partial charge in [0, 0.05) is 13.0 Å². The summed E-state index contributed by atoms with van der Waals surface area (Å²) in [6, 6.07) is -1.80. The van der Waals surface area contributed by atoms with Gasteiger partial charge in [0.15, 0.2) is 0 Å². The highest BCUT2D eigenvalue weighted by Gasteiger charge is 2.23. The van der Waals surface area contributed by atoms with Gasteiger partial charge in [-0.05, 0) is 17.8 Å². The summed E-state index contributed by atoms with van der Waals surface area (Å²) in [5, 5.41) is 22.3. The molecule has 0 aromatic rings. The Kier molecular flexibility index (Phi) is 7.02. The Morgan fingerprint density at radius 3 is 2.10 bits per heavy atom. The summed E-state index contributed by atoms with van der Waals surface area (Å²) in [7, 11) is 0. The Morgan fingerprint density at radius 1 is 1.15 bits per heavy atom. The summed E-state index contributed by atoms with van der Waals surface area (Å²) < 4.78 is 0. The predicted molar refractivity (Wildman–Crippen MR) is 73.4 cm³/mol. The normalized spacial score (nSPS) is 14.2. The monoisotopic (exact) mass is 288 g/mol. The van der Waals surface area contributed by atoms with Crippen LogP contribution in [0.5, 0.6) is 0 Å². The number of amides is 2. The van der Waals surface area contributed by atoms with Crippen molar-refractivity contribution in [2.75, 3.05) is 6.54 Å². The SMILES string of the molecule is CC(CNC(=O)NC(CCC(=O)O)C(=O)O)C(C)(C)C. The summed E-state index contributed by atoms with van der Waals surface area (Å²) in [6.07, 6.45) is -0.456. The van der Waals surface area contributed by atoms with Crippen molar-refractivity contribution in [3.05, 3.63) is 0 Å². The Labute approximate surface area is 118 Å². The molecule has 0 heterocycles. The minimum atomic E-state index is -1.25. The fourth-order valence-electron chi connectivity index (χ4n) is 1.29. The zero-order valence-corrected chi connectivity index (χ0v) is 12.4. The number of hydrogen-bond acceptors (Lipinski definition) is 3. The van der Waals surface area contributed by atoms with Crippen molar-refractivity contribution in [3.8, 4) is 0 Å². The molecule has 0 spiro atoms. The predicted octanol–water partition coefficient (Wildman–Crippen LogP) is 1.29. The number of carboxylic acid groups (broad SMARTS) is 2. The molecule has 2 unspecified atom stereocenters. The van der Waals surface area contributed by atoms with Gasteiger partial charge in [-0.3, -0.25) is 4.79 Å². The van der Waals surface area contributed by atoms with Crippen molar-refractivity contribution in [1.29, 1.82) is 0 Å². The van der Waals surface area contributed by atoms with Crippen LogP contribution in [0.4, 0.5) is 4.79 Å². The van der Waals surface area contributed by atoms with E-state index in [9.17, 15) is 14.4 Å². The van der Waals surface area contributed by atoms with Crippen molar-refractivity contribution in [1.82, 2.24) is 10.6 Å². The first-order valence-corrected chi connectivity index (χ1v) is 6.53. The molecule has 7 nitrogen and oxygen atoms in total. The molecule has 4 N–H and O–H groups in total. The molecule has 116 valence electrons. The molecule has 0 fully saturated rings. The third-order valence-electron chi connectivity index (χ3n) is 3.30. The lowest BCUT2D eigenvalue weighted by Gasteiger charge is -2.27. The molecule has 7 heteroatoms. The van der Waals surface area contributed by atoms with Gasteiger partial charge in [-0.25, -0.2) is 9.59 Å². The molecule has 0 aromatic heterocycles. The Morgan fingerprint density at radius 2 is 1.70 bits per heavy atom. The molecule has 2 amide bonds. The first-order chi connectivity index (χ1) is 9.04. The molecule has 0 saturated carbocycles. The van der Waals surface area contributed by atoms with Gasteiger partial charge in [-0.15, -0.1) is 0 Å². The van der Waals surface area contributed by atoms with Crippen LogP contribution in [0, 0.1) is 11.3 Å². The second-order valence-corrected chi connectivity index (χ2v) is 5.94. The fraction of sp³-hybridized carbons (Fsp3) is 0.769. The molecular formula is C13H24N2O5. The van der Waals surface area contributed by atoms with Gasteiger partial charge in [0.05, 0.1) is 0 Å². The lowest BCUT2D eigenvalue weighted by Crippen LogP contribution is -2.47. The van der Waals surface area contributed by atoms with Crippen LogP contribution in [0.25, 0.3) is 0 Å². The van der Waals surface area contributed by atoms with Gasteiger partial charge in [-0.1, -0.05) is 27.7 Å². The summed E-state index contributed by atoms with van der Waals surface area (Å²) in [5.41, 5.74) is 0.0305. The van der Waals surface area contributed by atoms with Crippen molar-refractivity contribution in [2.45, 2.75) is 46.6 Å². The average Bonchev–Trinajstić information content (AvgIpc) is 2.29. The molecule has 0 radical (unpaired) electrons. The number of hydrogen-bond donors (Lipinski definition) is 4. The first kappa shape index (κ1) is 18.2. The zero-order valence-electron chi connectivity index (χ0n) is 12.4. The van der Waals surface area contributed by atoms with E-state index in [2.05, 4.69) is 10.6 Å². The van der Waals surface area contributed by atoms with Crippen LogP contribution in [0.1, 0.15) is 40.5 Å². The number of nitrogens with one attached hydrogen (secondary N) is 2. The minimum absolute atomic E-state index is 0.0305. The third-order valence-corrected chi connectivity index (χ3v) is 3.30. The second-order valence-electron chi connectivity index (χ2n) is 5.94. The van der Waals surface area contributed by atoms with Crippen LogP contribution >= 0.6 is 0 Å². The molecule has 0 saturated heterocycles. The van der Waals surface area contributed by atoms with Gasteiger partial charge >= 0.3 is 18.0 Å². The van der Waals surface area contributed by atoms with Gasteiger partial charge < -0.3 is 20.8 Å². The molecule has 0 rings (SSSR count). The molecule has 0 bridgehead atoms. The van der Waals surface area contributed by atoms with E-state index >= 15 is 0 Å². The van der Waals surface area contributed by atoms with Crippen LogP contribution < -0.4 is 10.6 Å². The quantitative estimate of drug-likeness (QED) is 0.563. The van der Waals surface area contributed by atoms with Crippen LogP contribution in [0.3, 0.4) is 0 Å². The van der Waals surface area contributed by atoms with Crippen LogP contribution in [-0.2, 0) is 9.59 Å². The van der Waals surface area contributed by atoms with Crippen molar-refractivity contribution in [3.63, 3.8) is 0 Å². The summed E-state index contributed by atoms with van der Waals surface area (Å²) in [4.78, 5) is 32.9. The molecule has 0 aliphatic heterocycles. The van der Waals surface area contributed by atoms with E-state index in [-0.39, 0.29) is 24.2 Å². The number of carbonyl (C=O) groups excluding carboxylic acids is 1. The maximum Gasteiger partial charge on any atom is 0.326 e. The van der Waals surface area contributed by atoms with E-state index < -0.39 is 24.0 Å². The van der Waals surface area contributed by atoms with Gasteiger partial charge in [0.1, 0.15) is 6.04 Å². The summed E-state index contributed by atoms with van der Waals surface area (Å²) in [5.74, 6) is -2.12. The topological polar surface area (TPSA) is 116 Å². The maximum absolute atomic E-state index is 11.6. The lowest BCUT2D eigenvalue weighted by atomic mass is 9.82. The molecular weight excluding hydrogens is 264 g/mol. The van der Waals surface area contributed by atoms with Crippen molar-refractivity contribution >= 4 is 18.0 Å². The molecule has 0 aliphatic rings. The molecule has 0 aliphatic carbocycles. The zero-order chi connectivity index (χ0) is 15.9. The Balaban J connectivity index is 4.27. The van der Waals surface area contributed by atoms with Gasteiger partial charge in [0.25, 0.3) is 0 Å². The fourth-order valence-corrected chi connectivity index (χ4v) is 1.29. The summed E-state index contributed by atoms with van der Waals surface area (Å²) >= 11 is 0. The van der Waals surface area contributed by atoms with E-state index in [0.717, 1.165) is 0 Å². The highest BCUT2D eigenvalue weighted by molar-refractivity contribution is 5.82. The molecule has 0 aromatic carbocycles. The van der Waals surface area contributed by atoms with Crippen LogP contribution in [0.15, 0.2) is 0 Å². The van der Waals surface area contributed by atoms with E-state index in [0.29, 0.717) is 6.54 Å². The van der Waals surface area contributed by atoms with E-state index in [1.165, 1.54) is 0 Å². The maximum atomic E-state index is 11.6. The summed E-state index contributed by atoms with van der Waals surface area (Å²) in [6.45, 7) is 8.54. The smallest absolute Gasteiger partial charge is 0.326 e. The Hall–Kier alpha value is -1.79. The first-order valence-electron chi connectivity index (χ1n) is 6.53. The number of aliphatic carboxylic acids is 2. The largest absolute Gasteiger partial charge is 0.481 e. The molecule has 2 atom stereocenters. The minimum Gasteiger partial charge on any atom is -0.481 e. The van der Waals surface area contributed by atoms with Gasteiger partial charge in [0.2, 0.25) is 0 Å². The number of carbonyl (C=O) groups is 3. The number of carboxylic acids is 2. The second kappa shape index (κ2) is 7.72. The van der Waals surface area contributed by atoms with E-state index in [1.807, 2.05) is 27.7 Å². The third kappa shape index (κ3) is 7.60. The van der Waals surface area contributed by atoms with Crippen molar-refractivity contribution < 1.29 is 24.6 Å². The average molecular weight is 288 g/mol. The standard InChI is InChI=1S/C13H24N2O5/c1-8(13(2,3)4)7-14-12(20)15-9(11(18)19)5-6-10(16)17/h8-9H,5-7H2,1-4H3,(H,16,17)(H,18,19)(H2,14,15,20). The van der Waals surface area contributed by atoms with Gasteiger partial charge in [-0.2, -0.15) is 0 Å². The van der Waals surface area contributed by atoms with Crippen molar-refractivity contribution in [2.24, 2.45) is 11.3 Å².